The number of halogens is 2. The molecule has 1 rings (SSSR count). The fraction of sp³-hybridized carbons (Fsp3) is 0.538. The zero-order valence-corrected chi connectivity index (χ0v) is 12.5. The number of rotatable bonds is 6. The average Bonchev–Trinajstić information content (AvgIpc) is 2.39. The van der Waals surface area contributed by atoms with Crippen LogP contribution in [0.25, 0.3) is 0 Å². The molecule has 1 aromatic carbocycles. The Labute approximate surface area is 117 Å². The van der Waals surface area contributed by atoms with Gasteiger partial charge in [0.05, 0.1) is 6.61 Å². The van der Waals surface area contributed by atoms with E-state index in [2.05, 4.69) is 4.72 Å². The van der Waals surface area contributed by atoms with E-state index in [0.29, 0.717) is 0 Å². The van der Waals surface area contributed by atoms with Crippen molar-refractivity contribution < 1.29 is 22.3 Å². The third-order valence-electron chi connectivity index (χ3n) is 3.22. The molecular weight excluding hydrogens is 288 g/mol. The zero-order chi connectivity index (χ0) is 15.6. The maximum Gasteiger partial charge on any atom is 0.243 e. The molecule has 0 heterocycles. The molecule has 0 saturated carbocycles. The molecule has 2 N–H and O–H groups in total. The molecule has 0 unspecified atom stereocenters. The highest BCUT2D eigenvalue weighted by Gasteiger charge is 2.25. The molecule has 0 bridgehead atoms. The lowest BCUT2D eigenvalue weighted by Gasteiger charge is -2.23. The Balaban J connectivity index is 3.13. The molecule has 0 saturated heterocycles. The van der Waals surface area contributed by atoms with Crippen molar-refractivity contribution in [1.29, 1.82) is 0 Å². The van der Waals surface area contributed by atoms with Gasteiger partial charge in [0, 0.05) is 6.54 Å². The van der Waals surface area contributed by atoms with Crippen LogP contribution in [0.3, 0.4) is 0 Å². The van der Waals surface area contributed by atoms with Crippen LogP contribution in [0, 0.1) is 17.0 Å². The number of nitrogens with one attached hydrogen (secondary N) is 1. The number of hydrogen-bond acceptors (Lipinski definition) is 3. The van der Waals surface area contributed by atoms with E-state index in [1.807, 2.05) is 20.8 Å². The summed E-state index contributed by atoms with van der Waals surface area (Å²) in [4.78, 5) is -0.784. The number of aliphatic hydroxyl groups excluding tert-OH is 1. The van der Waals surface area contributed by atoms with E-state index < -0.39 is 33.2 Å². The fourth-order valence-electron chi connectivity index (χ4n) is 1.40. The van der Waals surface area contributed by atoms with Gasteiger partial charge in [-0.25, -0.2) is 21.9 Å². The predicted molar refractivity (Wildman–Crippen MR) is 71.5 cm³/mol. The second-order valence-corrected chi connectivity index (χ2v) is 7.13. The Hall–Kier alpha value is -1.05. The summed E-state index contributed by atoms with van der Waals surface area (Å²) in [6, 6.07) is 1.70. The van der Waals surface area contributed by atoms with Crippen LogP contribution in [-0.4, -0.2) is 20.1 Å². The van der Waals surface area contributed by atoms with Crippen molar-refractivity contribution in [3.63, 3.8) is 0 Å². The van der Waals surface area contributed by atoms with Crippen LogP contribution in [0.5, 0.6) is 0 Å². The van der Waals surface area contributed by atoms with Gasteiger partial charge in [-0.1, -0.05) is 20.8 Å². The maximum atomic E-state index is 13.6. The van der Waals surface area contributed by atoms with E-state index in [-0.39, 0.29) is 17.5 Å². The number of benzene rings is 1. The topological polar surface area (TPSA) is 66.4 Å². The summed E-state index contributed by atoms with van der Waals surface area (Å²) in [5.74, 6) is -2.74. The molecule has 20 heavy (non-hydrogen) atoms. The Morgan fingerprint density at radius 2 is 1.90 bits per heavy atom. The molecule has 1 aromatic rings. The number of aliphatic hydroxyl groups is 1. The molecule has 4 nitrogen and oxygen atoms in total. The summed E-state index contributed by atoms with van der Waals surface area (Å²) in [5, 5.41) is 8.94. The van der Waals surface area contributed by atoms with Crippen LogP contribution in [0.15, 0.2) is 17.0 Å². The van der Waals surface area contributed by atoms with Crippen molar-refractivity contribution in [3.05, 3.63) is 29.3 Å². The van der Waals surface area contributed by atoms with Crippen molar-refractivity contribution in [3.8, 4) is 0 Å². The molecule has 0 aliphatic heterocycles. The molecule has 7 heteroatoms. The molecule has 0 spiro atoms. The lowest BCUT2D eigenvalue weighted by Crippen LogP contribution is -2.34. The first-order valence-electron chi connectivity index (χ1n) is 6.21. The smallest absolute Gasteiger partial charge is 0.243 e. The number of sulfonamides is 1. The molecule has 0 fully saturated rings. The first-order valence-corrected chi connectivity index (χ1v) is 7.69. The standard InChI is InChI=1S/C13H19F2NO3S/c1-4-13(2,3)8-16-20(18,19)11-6-9(7-17)5-10(14)12(11)15/h5-6,16-17H,4,7-8H2,1-3H3. The van der Waals surface area contributed by atoms with E-state index in [0.717, 1.165) is 18.6 Å². The molecule has 0 amide bonds. The third-order valence-corrected chi connectivity index (χ3v) is 4.63. The van der Waals surface area contributed by atoms with Gasteiger partial charge < -0.3 is 5.11 Å². The van der Waals surface area contributed by atoms with Gasteiger partial charge >= 0.3 is 0 Å². The molecule has 0 aliphatic carbocycles. The second kappa shape index (κ2) is 6.15. The Morgan fingerprint density at radius 1 is 1.30 bits per heavy atom. The fourth-order valence-corrected chi connectivity index (χ4v) is 2.77. The first kappa shape index (κ1) is 17.0. The largest absolute Gasteiger partial charge is 0.392 e. The van der Waals surface area contributed by atoms with E-state index >= 15 is 0 Å². The van der Waals surface area contributed by atoms with Gasteiger partial charge in [0.15, 0.2) is 11.6 Å². The molecule has 0 aliphatic rings. The van der Waals surface area contributed by atoms with Crippen LogP contribution in [0.2, 0.25) is 0 Å². The first-order chi connectivity index (χ1) is 9.13. The van der Waals surface area contributed by atoms with Crippen molar-refractivity contribution >= 4 is 10.0 Å². The Bertz CT molecular complexity index is 586. The Morgan fingerprint density at radius 3 is 2.40 bits per heavy atom. The van der Waals surface area contributed by atoms with Crippen LogP contribution < -0.4 is 4.72 Å². The van der Waals surface area contributed by atoms with Crippen LogP contribution in [-0.2, 0) is 16.6 Å². The quantitative estimate of drug-likeness (QED) is 0.846. The highest BCUT2D eigenvalue weighted by atomic mass is 32.2. The number of hydrogen-bond donors (Lipinski definition) is 2. The van der Waals surface area contributed by atoms with E-state index in [1.165, 1.54) is 0 Å². The highest BCUT2D eigenvalue weighted by molar-refractivity contribution is 7.89. The van der Waals surface area contributed by atoms with Crippen molar-refractivity contribution in [2.75, 3.05) is 6.54 Å². The minimum Gasteiger partial charge on any atom is -0.392 e. The summed E-state index contributed by atoms with van der Waals surface area (Å²) in [6.45, 7) is 5.16. The van der Waals surface area contributed by atoms with Gasteiger partial charge in [-0.3, -0.25) is 0 Å². The normalized spacial score (nSPS) is 12.7. The van der Waals surface area contributed by atoms with E-state index in [1.54, 1.807) is 0 Å². The summed E-state index contributed by atoms with van der Waals surface area (Å²) in [6.07, 6.45) is 0.725. The lowest BCUT2D eigenvalue weighted by molar-refractivity contribution is 0.280. The molecule has 0 aromatic heterocycles. The van der Waals surface area contributed by atoms with Crippen molar-refractivity contribution in [2.24, 2.45) is 5.41 Å². The minimum absolute atomic E-state index is 0.000901. The maximum absolute atomic E-state index is 13.6. The molecular formula is C13H19F2NO3S. The SMILES string of the molecule is CCC(C)(C)CNS(=O)(=O)c1cc(CO)cc(F)c1F. The predicted octanol–water partition coefficient (Wildman–Crippen LogP) is 2.17. The average molecular weight is 307 g/mol. The van der Waals surface area contributed by atoms with Gasteiger partial charge in [0.2, 0.25) is 10.0 Å². The van der Waals surface area contributed by atoms with Gasteiger partial charge in [-0.05, 0) is 29.5 Å². The van der Waals surface area contributed by atoms with Crippen molar-refractivity contribution in [2.45, 2.75) is 38.7 Å². The molecule has 114 valence electrons. The monoisotopic (exact) mass is 307 g/mol. The van der Waals surface area contributed by atoms with Crippen LogP contribution in [0.1, 0.15) is 32.8 Å². The summed E-state index contributed by atoms with van der Waals surface area (Å²) in [7, 11) is -4.17. The zero-order valence-electron chi connectivity index (χ0n) is 11.7. The van der Waals surface area contributed by atoms with Gasteiger partial charge in [-0.15, -0.1) is 0 Å². The second-order valence-electron chi connectivity index (χ2n) is 5.39. The molecule has 0 radical (unpaired) electrons. The van der Waals surface area contributed by atoms with Gasteiger partial charge in [0.25, 0.3) is 0 Å². The summed E-state index contributed by atoms with van der Waals surface area (Å²) >= 11 is 0. The van der Waals surface area contributed by atoms with Crippen LogP contribution in [0.4, 0.5) is 8.78 Å². The van der Waals surface area contributed by atoms with E-state index in [9.17, 15) is 17.2 Å². The summed E-state index contributed by atoms with van der Waals surface area (Å²) < 4.78 is 53.3. The molecule has 0 atom stereocenters. The minimum atomic E-state index is -4.17. The third kappa shape index (κ3) is 3.97. The highest BCUT2D eigenvalue weighted by Crippen LogP contribution is 2.22. The van der Waals surface area contributed by atoms with Crippen molar-refractivity contribution in [1.82, 2.24) is 4.72 Å². The van der Waals surface area contributed by atoms with Gasteiger partial charge in [0.1, 0.15) is 4.90 Å². The van der Waals surface area contributed by atoms with Gasteiger partial charge in [-0.2, -0.15) is 0 Å². The van der Waals surface area contributed by atoms with E-state index in [4.69, 9.17) is 5.11 Å². The lowest BCUT2D eigenvalue weighted by atomic mass is 9.91. The van der Waals surface area contributed by atoms with Crippen LogP contribution >= 0.6 is 0 Å². The summed E-state index contributed by atoms with van der Waals surface area (Å²) in [5.41, 5.74) is -0.296. The Kier molecular flexibility index (Phi) is 5.23.